The lowest BCUT2D eigenvalue weighted by Crippen LogP contribution is -2.43. The molecule has 0 bridgehead atoms. The van der Waals surface area contributed by atoms with Crippen LogP contribution in [0.15, 0.2) is 24.3 Å². The van der Waals surface area contributed by atoms with Gasteiger partial charge in [-0.15, -0.1) is 0 Å². The van der Waals surface area contributed by atoms with Gasteiger partial charge in [-0.3, -0.25) is 9.59 Å². The lowest BCUT2D eigenvalue weighted by atomic mass is 10.0. The van der Waals surface area contributed by atoms with Crippen LogP contribution in [0.2, 0.25) is 0 Å². The Bertz CT molecular complexity index is 1120. The first-order valence-corrected chi connectivity index (χ1v) is 10.7. The Balaban J connectivity index is 1.51. The number of aliphatic carboxylic acids is 1. The number of nitrogens with zero attached hydrogens (tertiary/aromatic N) is 3. The largest absolute Gasteiger partial charge is 0.497 e. The predicted octanol–water partition coefficient (Wildman–Crippen LogP) is 2.41. The Labute approximate surface area is 192 Å². The summed E-state index contributed by atoms with van der Waals surface area (Å²) in [5.74, 6) is -1.62. The van der Waals surface area contributed by atoms with Crippen molar-refractivity contribution in [2.24, 2.45) is 0 Å². The summed E-state index contributed by atoms with van der Waals surface area (Å²) in [5.41, 5.74) is -2.30. The number of hydrogen-bond acceptors (Lipinski definition) is 5. The SMILES string of the molecule is COc1ccc(-n2nc(C(F)(F)F)c3c2C(=O)N(CCCC(=O)NC2(C(=O)O)CC2)CC3)cc1. The van der Waals surface area contributed by atoms with Gasteiger partial charge >= 0.3 is 12.1 Å². The highest BCUT2D eigenvalue weighted by Gasteiger charge is 2.51. The van der Waals surface area contributed by atoms with Gasteiger partial charge < -0.3 is 20.1 Å². The van der Waals surface area contributed by atoms with Crippen LogP contribution in [0.5, 0.6) is 5.75 Å². The highest BCUT2D eigenvalue weighted by atomic mass is 19.4. The molecule has 12 heteroatoms. The van der Waals surface area contributed by atoms with Crippen molar-refractivity contribution in [3.05, 3.63) is 41.2 Å². The van der Waals surface area contributed by atoms with Crippen molar-refractivity contribution in [3.63, 3.8) is 0 Å². The minimum absolute atomic E-state index is 0.00277. The first-order chi connectivity index (χ1) is 16.1. The molecule has 2 aliphatic rings. The Morgan fingerprint density at radius 2 is 1.91 bits per heavy atom. The van der Waals surface area contributed by atoms with E-state index in [1.807, 2.05) is 0 Å². The molecule has 1 aromatic heterocycles. The maximum atomic E-state index is 13.6. The van der Waals surface area contributed by atoms with Crippen molar-refractivity contribution in [2.75, 3.05) is 20.2 Å². The van der Waals surface area contributed by atoms with Crippen molar-refractivity contribution in [1.82, 2.24) is 20.0 Å². The third-order valence-corrected chi connectivity index (χ3v) is 6.06. The molecule has 9 nitrogen and oxygen atoms in total. The number of aromatic nitrogens is 2. The summed E-state index contributed by atoms with van der Waals surface area (Å²) in [6.07, 6.45) is -3.76. The van der Waals surface area contributed by atoms with Crippen molar-refractivity contribution >= 4 is 17.8 Å². The van der Waals surface area contributed by atoms with Crippen LogP contribution in [0.4, 0.5) is 13.2 Å². The van der Waals surface area contributed by atoms with Gasteiger partial charge in [-0.1, -0.05) is 0 Å². The van der Waals surface area contributed by atoms with E-state index in [0.717, 1.165) is 4.68 Å². The molecule has 0 saturated heterocycles. The number of benzene rings is 1. The minimum Gasteiger partial charge on any atom is -0.497 e. The van der Waals surface area contributed by atoms with Crippen molar-refractivity contribution in [2.45, 2.75) is 43.8 Å². The third kappa shape index (κ3) is 4.44. The Hall–Kier alpha value is -3.57. The zero-order valence-corrected chi connectivity index (χ0v) is 18.3. The van der Waals surface area contributed by atoms with Crippen LogP contribution in [0, 0.1) is 0 Å². The van der Waals surface area contributed by atoms with E-state index in [9.17, 15) is 27.6 Å². The summed E-state index contributed by atoms with van der Waals surface area (Å²) < 4.78 is 47.0. The topological polar surface area (TPSA) is 114 Å². The lowest BCUT2D eigenvalue weighted by molar-refractivity contribution is -0.143. The molecule has 2 amide bonds. The maximum absolute atomic E-state index is 13.6. The molecule has 182 valence electrons. The van der Waals surface area contributed by atoms with Crippen LogP contribution in [0.1, 0.15) is 47.4 Å². The van der Waals surface area contributed by atoms with E-state index >= 15 is 0 Å². The fraction of sp³-hybridized carbons (Fsp3) is 0.455. The van der Waals surface area contributed by atoms with Gasteiger partial charge in [0.15, 0.2) is 5.69 Å². The second-order valence-corrected chi connectivity index (χ2v) is 8.36. The van der Waals surface area contributed by atoms with Gasteiger partial charge in [-0.25, -0.2) is 9.48 Å². The molecular formula is C22H23F3N4O5. The van der Waals surface area contributed by atoms with Crippen LogP contribution in [0.25, 0.3) is 5.69 Å². The molecular weight excluding hydrogens is 457 g/mol. The van der Waals surface area contributed by atoms with Crippen LogP contribution in [-0.2, 0) is 22.2 Å². The molecule has 4 rings (SSSR count). The van der Waals surface area contributed by atoms with E-state index in [2.05, 4.69) is 10.4 Å². The van der Waals surface area contributed by atoms with E-state index in [0.29, 0.717) is 18.6 Å². The Kier molecular flexibility index (Phi) is 6.00. The summed E-state index contributed by atoms with van der Waals surface area (Å²) in [4.78, 5) is 37.9. The van der Waals surface area contributed by atoms with E-state index in [-0.39, 0.29) is 49.3 Å². The van der Waals surface area contributed by atoms with Crippen molar-refractivity contribution in [1.29, 1.82) is 0 Å². The first-order valence-electron chi connectivity index (χ1n) is 10.7. The number of rotatable bonds is 8. The number of fused-ring (bicyclic) bond motifs is 1. The van der Waals surface area contributed by atoms with Gasteiger partial charge in [-0.2, -0.15) is 18.3 Å². The van der Waals surface area contributed by atoms with Crippen LogP contribution in [-0.4, -0.2) is 63.3 Å². The van der Waals surface area contributed by atoms with Gasteiger partial charge in [-0.05, 0) is 49.9 Å². The summed E-state index contributed by atoms with van der Waals surface area (Å²) in [6.45, 7) is 0.199. The molecule has 2 N–H and O–H groups in total. The number of alkyl halides is 3. The van der Waals surface area contributed by atoms with Crippen molar-refractivity contribution < 1.29 is 37.4 Å². The zero-order chi connectivity index (χ0) is 24.7. The van der Waals surface area contributed by atoms with Crippen LogP contribution >= 0.6 is 0 Å². The predicted molar refractivity (Wildman–Crippen MR) is 112 cm³/mol. The molecule has 1 saturated carbocycles. The molecule has 0 unspecified atom stereocenters. The minimum atomic E-state index is -4.72. The van der Waals surface area contributed by atoms with E-state index in [4.69, 9.17) is 9.84 Å². The zero-order valence-electron chi connectivity index (χ0n) is 18.3. The monoisotopic (exact) mass is 480 g/mol. The van der Waals surface area contributed by atoms with Gasteiger partial charge in [0.1, 0.15) is 17.0 Å². The van der Waals surface area contributed by atoms with Crippen LogP contribution < -0.4 is 10.1 Å². The molecule has 0 atom stereocenters. The fourth-order valence-electron chi connectivity index (χ4n) is 4.03. The van der Waals surface area contributed by atoms with Crippen molar-refractivity contribution in [3.8, 4) is 11.4 Å². The number of methoxy groups -OCH3 is 1. The summed E-state index contributed by atoms with van der Waals surface area (Å²) in [7, 11) is 1.46. The molecule has 1 aliphatic carbocycles. The number of carbonyl (C=O) groups is 3. The lowest BCUT2D eigenvalue weighted by Gasteiger charge is -2.28. The number of carboxylic acid groups (broad SMARTS) is 1. The Morgan fingerprint density at radius 3 is 2.47 bits per heavy atom. The number of nitrogens with one attached hydrogen (secondary N) is 1. The number of ether oxygens (including phenoxy) is 1. The van der Waals surface area contributed by atoms with Gasteiger partial charge in [0.05, 0.1) is 12.8 Å². The second-order valence-electron chi connectivity index (χ2n) is 8.36. The maximum Gasteiger partial charge on any atom is 0.435 e. The second kappa shape index (κ2) is 8.65. The van der Waals surface area contributed by atoms with E-state index < -0.39 is 35.2 Å². The molecule has 2 aromatic rings. The summed E-state index contributed by atoms with van der Waals surface area (Å²) >= 11 is 0. The van der Waals surface area contributed by atoms with Gasteiger partial charge in [0.25, 0.3) is 5.91 Å². The molecule has 34 heavy (non-hydrogen) atoms. The normalized spacial score (nSPS) is 16.7. The Morgan fingerprint density at radius 1 is 1.24 bits per heavy atom. The third-order valence-electron chi connectivity index (χ3n) is 6.06. The first kappa shape index (κ1) is 23.6. The summed E-state index contributed by atoms with van der Waals surface area (Å²) in [5, 5.41) is 15.4. The quantitative estimate of drug-likeness (QED) is 0.600. The highest BCUT2D eigenvalue weighted by molar-refractivity contribution is 5.96. The molecule has 1 fully saturated rings. The number of halogens is 3. The average Bonchev–Trinajstić information content (AvgIpc) is 3.45. The molecule has 0 radical (unpaired) electrons. The standard InChI is InChI=1S/C22H23F3N4O5/c1-34-14-6-4-13(5-7-14)29-17-15(18(27-29)22(23,24)25)8-12-28(19(17)31)11-2-3-16(30)26-21(9-10-21)20(32)33/h4-7H,2-3,8-12H2,1H3,(H,26,30)(H,32,33). The van der Waals surface area contributed by atoms with Gasteiger partial charge in [0.2, 0.25) is 5.91 Å². The number of amides is 2. The van der Waals surface area contributed by atoms with E-state index in [1.165, 1.54) is 24.1 Å². The molecule has 0 spiro atoms. The molecule has 1 aromatic carbocycles. The molecule has 1 aliphatic heterocycles. The average molecular weight is 480 g/mol. The fourth-order valence-corrected chi connectivity index (χ4v) is 4.03. The number of carbonyl (C=O) groups excluding carboxylic acids is 2. The smallest absolute Gasteiger partial charge is 0.435 e. The van der Waals surface area contributed by atoms with Crippen LogP contribution in [0.3, 0.4) is 0 Å². The number of hydrogen-bond donors (Lipinski definition) is 2. The summed E-state index contributed by atoms with van der Waals surface area (Å²) in [6, 6.07) is 6.15. The highest BCUT2D eigenvalue weighted by Crippen LogP contribution is 2.37. The number of carboxylic acids is 1. The molecule has 2 heterocycles. The van der Waals surface area contributed by atoms with Gasteiger partial charge in [0, 0.05) is 25.1 Å². The van der Waals surface area contributed by atoms with E-state index in [1.54, 1.807) is 12.1 Å².